The van der Waals surface area contributed by atoms with Gasteiger partial charge in [-0.1, -0.05) is 117 Å². The minimum Gasteiger partial charge on any atom is -0.464 e. The van der Waals surface area contributed by atoms with Crippen molar-refractivity contribution in [3.63, 3.8) is 0 Å². The van der Waals surface area contributed by atoms with Crippen LogP contribution < -0.4 is 4.90 Å². The Hall–Kier alpha value is -4.82. The summed E-state index contributed by atoms with van der Waals surface area (Å²) < 4.78 is 6.34. The van der Waals surface area contributed by atoms with Gasteiger partial charge in [-0.3, -0.25) is 0 Å². The van der Waals surface area contributed by atoms with Crippen LogP contribution in [0.1, 0.15) is 45.1 Å². The van der Waals surface area contributed by atoms with Crippen molar-refractivity contribution in [1.82, 2.24) is 0 Å². The van der Waals surface area contributed by atoms with Gasteiger partial charge >= 0.3 is 0 Å². The molecule has 1 aliphatic carbocycles. The van der Waals surface area contributed by atoms with Crippen LogP contribution in [0, 0.1) is 0 Å². The zero-order valence-corrected chi connectivity index (χ0v) is 25.3. The predicted octanol–water partition coefficient (Wildman–Crippen LogP) is 11.8. The Balaban J connectivity index is 1.31. The summed E-state index contributed by atoms with van der Waals surface area (Å²) in [6, 6.07) is 44.5. The van der Waals surface area contributed by atoms with E-state index in [-0.39, 0.29) is 11.0 Å². The minimum atomic E-state index is 0.0171. The predicted molar refractivity (Wildman–Crippen MR) is 185 cm³/mol. The Kier molecular flexibility index (Phi) is 5.45. The van der Waals surface area contributed by atoms with Crippen LogP contribution in [0.5, 0.6) is 0 Å². The van der Waals surface area contributed by atoms with E-state index >= 15 is 0 Å². The second-order valence-corrected chi connectivity index (χ2v) is 13.2. The van der Waals surface area contributed by atoms with E-state index in [0.717, 1.165) is 16.5 Å². The molecule has 1 aliphatic heterocycles. The molecule has 2 nitrogen and oxygen atoms in total. The van der Waals surface area contributed by atoms with Gasteiger partial charge in [0.25, 0.3) is 0 Å². The highest BCUT2D eigenvalue weighted by Gasteiger charge is 2.57. The van der Waals surface area contributed by atoms with Gasteiger partial charge in [0.15, 0.2) is 0 Å². The van der Waals surface area contributed by atoms with Gasteiger partial charge in [-0.15, -0.1) is 0 Å². The molecule has 2 unspecified atom stereocenters. The fourth-order valence-corrected chi connectivity index (χ4v) is 8.79. The molecule has 0 amide bonds. The van der Waals surface area contributed by atoms with Crippen LogP contribution in [0.25, 0.3) is 54.8 Å². The first-order valence-corrected chi connectivity index (χ1v) is 16.0. The standard InChI is InChI=1S/C42H35NO/c1-41-24-12-13-25-42(41,2)43(37-21-11-10-20-36(37)41)29-22-23-38-34(26-29)35(27-44-38)40-32-18-8-6-16-30(32)39(28-14-4-3-5-15-28)31-17-7-9-19-33(31)40/h3-11,14-23,26-27H,12-13,24-25H2,1-2H3. The van der Waals surface area contributed by atoms with Crippen molar-refractivity contribution in [2.24, 2.45) is 0 Å². The van der Waals surface area contributed by atoms with Crippen LogP contribution in [-0.4, -0.2) is 5.54 Å². The number of para-hydroxylation sites is 1. The molecular weight excluding hydrogens is 534 g/mol. The molecule has 0 saturated heterocycles. The lowest BCUT2D eigenvalue weighted by Crippen LogP contribution is -2.54. The summed E-state index contributed by atoms with van der Waals surface area (Å²) in [6.45, 7) is 5.00. The fourth-order valence-electron chi connectivity index (χ4n) is 8.79. The largest absolute Gasteiger partial charge is 0.464 e. The molecule has 1 saturated carbocycles. The van der Waals surface area contributed by atoms with Gasteiger partial charge in [-0.25, -0.2) is 0 Å². The van der Waals surface area contributed by atoms with E-state index < -0.39 is 0 Å². The molecule has 0 spiro atoms. The number of anilines is 2. The second kappa shape index (κ2) is 9.34. The van der Waals surface area contributed by atoms with E-state index in [9.17, 15) is 0 Å². The Labute approximate surface area is 258 Å². The van der Waals surface area contributed by atoms with Crippen molar-refractivity contribution >= 4 is 43.9 Å². The number of rotatable bonds is 3. The molecule has 214 valence electrons. The SMILES string of the molecule is CC12CCCCC1(C)N(c1ccc3occ(-c4c5ccccc5c(-c5ccccc5)c5ccccc45)c3c1)c1ccccc12. The maximum atomic E-state index is 6.34. The highest BCUT2D eigenvalue weighted by Crippen LogP contribution is 2.61. The van der Waals surface area contributed by atoms with Crippen molar-refractivity contribution in [3.8, 4) is 22.3 Å². The number of benzene rings is 6. The molecule has 0 radical (unpaired) electrons. The van der Waals surface area contributed by atoms with Gasteiger partial charge in [-0.2, -0.15) is 0 Å². The molecule has 0 N–H and O–H groups in total. The average Bonchev–Trinajstić information content (AvgIpc) is 3.57. The highest BCUT2D eigenvalue weighted by atomic mass is 16.3. The number of fused-ring (bicyclic) bond motifs is 6. The molecule has 7 aromatic rings. The third-order valence-electron chi connectivity index (χ3n) is 11.1. The first-order valence-electron chi connectivity index (χ1n) is 16.0. The van der Waals surface area contributed by atoms with Crippen molar-refractivity contribution in [2.75, 3.05) is 4.90 Å². The maximum absolute atomic E-state index is 6.34. The molecule has 2 atom stereocenters. The summed E-state index contributed by atoms with van der Waals surface area (Å²) in [5.41, 5.74) is 10.1. The van der Waals surface area contributed by atoms with Gasteiger partial charge in [0.1, 0.15) is 5.58 Å². The molecule has 44 heavy (non-hydrogen) atoms. The molecule has 6 aromatic carbocycles. The molecule has 1 aromatic heterocycles. The summed E-state index contributed by atoms with van der Waals surface area (Å²) in [5, 5.41) is 6.18. The van der Waals surface area contributed by atoms with E-state index in [4.69, 9.17) is 4.42 Å². The van der Waals surface area contributed by atoms with E-state index in [0.29, 0.717) is 0 Å². The third kappa shape index (κ3) is 3.37. The Morgan fingerprint density at radius 2 is 1.20 bits per heavy atom. The first-order chi connectivity index (χ1) is 21.6. The van der Waals surface area contributed by atoms with Gasteiger partial charge in [0.2, 0.25) is 0 Å². The second-order valence-electron chi connectivity index (χ2n) is 13.2. The smallest absolute Gasteiger partial charge is 0.134 e. The van der Waals surface area contributed by atoms with E-state index in [1.165, 1.54) is 80.9 Å². The highest BCUT2D eigenvalue weighted by molar-refractivity contribution is 6.23. The molecule has 2 aliphatic rings. The van der Waals surface area contributed by atoms with Crippen molar-refractivity contribution in [1.29, 1.82) is 0 Å². The molecule has 2 heteroatoms. The van der Waals surface area contributed by atoms with Gasteiger partial charge in [0, 0.05) is 33.3 Å². The first kappa shape index (κ1) is 25.7. The normalized spacial score (nSPS) is 21.2. The van der Waals surface area contributed by atoms with Gasteiger partial charge < -0.3 is 9.32 Å². The molecular formula is C42H35NO. The summed E-state index contributed by atoms with van der Waals surface area (Å²) in [6.07, 6.45) is 6.95. The summed E-state index contributed by atoms with van der Waals surface area (Å²) in [5.74, 6) is 0. The summed E-state index contributed by atoms with van der Waals surface area (Å²) >= 11 is 0. The van der Waals surface area contributed by atoms with Crippen LogP contribution >= 0.6 is 0 Å². The molecule has 1 fully saturated rings. The van der Waals surface area contributed by atoms with Crippen LogP contribution in [-0.2, 0) is 5.41 Å². The van der Waals surface area contributed by atoms with E-state index in [1.807, 2.05) is 6.26 Å². The van der Waals surface area contributed by atoms with E-state index in [1.54, 1.807) is 0 Å². The van der Waals surface area contributed by atoms with Crippen molar-refractivity contribution in [2.45, 2.75) is 50.5 Å². The van der Waals surface area contributed by atoms with Crippen LogP contribution in [0.2, 0.25) is 0 Å². The third-order valence-corrected chi connectivity index (χ3v) is 11.1. The Bertz CT molecular complexity index is 2170. The lowest BCUT2D eigenvalue weighted by molar-refractivity contribution is 0.195. The summed E-state index contributed by atoms with van der Waals surface area (Å²) in [7, 11) is 0. The maximum Gasteiger partial charge on any atom is 0.134 e. The topological polar surface area (TPSA) is 16.4 Å². The lowest BCUT2D eigenvalue weighted by atomic mass is 9.61. The van der Waals surface area contributed by atoms with Crippen molar-refractivity contribution in [3.05, 3.63) is 133 Å². The zero-order valence-electron chi connectivity index (χ0n) is 25.3. The number of furan rings is 1. The van der Waals surface area contributed by atoms with Gasteiger partial charge in [-0.05, 0) is 82.3 Å². The monoisotopic (exact) mass is 569 g/mol. The van der Waals surface area contributed by atoms with Crippen LogP contribution in [0.15, 0.2) is 132 Å². The van der Waals surface area contributed by atoms with Crippen LogP contribution in [0.3, 0.4) is 0 Å². The van der Waals surface area contributed by atoms with E-state index in [2.05, 4.69) is 140 Å². The van der Waals surface area contributed by atoms with Gasteiger partial charge in [0.05, 0.1) is 11.8 Å². The van der Waals surface area contributed by atoms with Crippen LogP contribution in [0.4, 0.5) is 11.4 Å². The van der Waals surface area contributed by atoms with Crippen molar-refractivity contribution < 1.29 is 4.42 Å². The Morgan fingerprint density at radius 3 is 1.93 bits per heavy atom. The Morgan fingerprint density at radius 1 is 0.591 bits per heavy atom. The fraction of sp³-hybridized carbons (Fsp3) is 0.190. The quantitative estimate of drug-likeness (QED) is 0.197. The summed E-state index contributed by atoms with van der Waals surface area (Å²) in [4.78, 5) is 2.66. The average molecular weight is 570 g/mol. The zero-order chi connectivity index (χ0) is 29.5. The molecule has 2 heterocycles. The number of nitrogens with zero attached hydrogens (tertiary/aromatic N) is 1. The minimum absolute atomic E-state index is 0.0171. The lowest BCUT2D eigenvalue weighted by Gasteiger charge is -2.50. The molecule has 0 bridgehead atoms. The molecule has 9 rings (SSSR count). The number of hydrogen-bond acceptors (Lipinski definition) is 2. The number of hydrogen-bond donors (Lipinski definition) is 0.